The molecule has 0 heterocycles. The third-order valence-electron chi connectivity index (χ3n) is 2.44. The van der Waals surface area contributed by atoms with Crippen molar-refractivity contribution < 1.29 is 17.9 Å². The molecule has 0 saturated heterocycles. The van der Waals surface area contributed by atoms with Crippen LogP contribution in [0, 0.1) is 11.3 Å². The summed E-state index contributed by atoms with van der Waals surface area (Å²) in [5.74, 6) is 0. The molecule has 1 N–H and O–H groups in total. The first kappa shape index (κ1) is 14.3. The highest BCUT2D eigenvalue weighted by Gasteiger charge is 2.33. The van der Waals surface area contributed by atoms with E-state index in [-0.39, 0.29) is 6.10 Å². The van der Waals surface area contributed by atoms with E-state index in [2.05, 4.69) is 5.32 Å². The van der Waals surface area contributed by atoms with Gasteiger partial charge in [-0.1, -0.05) is 0 Å². The van der Waals surface area contributed by atoms with Crippen LogP contribution in [0.4, 0.5) is 18.9 Å². The number of anilines is 1. The van der Waals surface area contributed by atoms with Crippen LogP contribution >= 0.6 is 0 Å². The summed E-state index contributed by atoms with van der Waals surface area (Å²) in [4.78, 5) is 0. The van der Waals surface area contributed by atoms with Crippen LogP contribution < -0.4 is 5.32 Å². The van der Waals surface area contributed by atoms with Gasteiger partial charge in [-0.05, 0) is 25.1 Å². The first-order valence-corrected chi connectivity index (χ1v) is 5.26. The van der Waals surface area contributed by atoms with E-state index in [1.165, 1.54) is 12.1 Å². The molecule has 1 unspecified atom stereocenters. The minimum atomic E-state index is -4.51. The maximum Gasteiger partial charge on any atom is 0.417 e. The van der Waals surface area contributed by atoms with Gasteiger partial charge >= 0.3 is 6.18 Å². The minimum absolute atomic E-state index is 0.0715. The van der Waals surface area contributed by atoms with E-state index < -0.39 is 17.3 Å². The van der Waals surface area contributed by atoms with Gasteiger partial charge in [0.2, 0.25) is 0 Å². The fourth-order valence-corrected chi connectivity index (χ4v) is 1.34. The van der Waals surface area contributed by atoms with Crippen LogP contribution in [-0.4, -0.2) is 19.8 Å². The molecule has 0 saturated carbocycles. The SMILES string of the molecule is COC(C)CNc1ccc(C(F)(F)F)c(C#N)c1. The lowest BCUT2D eigenvalue weighted by atomic mass is 10.1. The Morgan fingerprint density at radius 1 is 1.44 bits per heavy atom. The van der Waals surface area contributed by atoms with Crippen LogP contribution in [0.15, 0.2) is 18.2 Å². The van der Waals surface area contributed by atoms with Crippen LogP contribution in [0.3, 0.4) is 0 Å². The number of nitriles is 1. The molecule has 6 heteroatoms. The lowest BCUT2D eigenvalue weighted by molar-refractivity contribution is -0.137. The summed E-state index contributed by atoms with van der Waals surface area (Å²) in [6.07, 6.45) is -4.58. The van der Waals surface area contributed by atoms with Crippen molar-refractivity contribution in [1.82, 2.24) is 0 Å². The summed E-state index contributed by atoms with van der Waals surface area (Å²) < 4.78 is 42.6. The molecule has 1 aromatic carbocycles. The fraction of sp³-hybridized carbons (Fsp3) is 0.417. The van der Waals surface area contributed by atoms with Crippen molar-refractivity contribution in [3.8, 4) is 6.07 Å². The van der Waals surface area contributed by atoms with Crippen LogP contribution in [0.25, 0.3) is 0 Å². The second-order valence-electron chi connectivity index (χ2n) is 3.80. The van der Waals surface area contributed by atoms with Gasteiger partial charge in [-0.2, -0.15) is 18.4 Å². The van der Waals surface area contributed by atoms with Crippen molar-refractivity contribution in [3.63, 3.8) is 0 Å². The summed E-state index contributed by atoms with van der Waals surface area (Å²) in [6.45, 7) is 2.27. The zero-order chi connectivity index (χ0) is 13.8. The number of methoxy groups -OCH3 is 1. The Balaban J connectivity index is 2.90. The number of nitrogens with one attached hydrogen (secondary N) is 1. The monoisotopic (exact) mass is 258 g/mol. The highest BCUT2D eigenvalue weighted by Crippen LogP contribution is 2.32. The average Bonchev–Trinajstić information content (AvgIpc) is 2.34. The van der Waals surface area contributed by atoms with E-state index in [0.717, 1.165) is 6.07 Å². The Hall–Kier alpha value is -1.74. The van der Waals surface area contributed by atoms with Gasteiger partial charge in [-0.25, -0.2) is 0 Å². The van der Waals surface area contributed by atoms with E-state index in [4.69, 9.17) is 10.00 Å². The number of rotatable bonds is 4. The largest absolute Gasteiger partial charge is 0.417 e. The molecule has 0 radical (unpaired) electrons. The summed E-state index contributed by atoms with van der Waals surface area (Å²) >= 11 is 0. The molecule has 0 aliphatic heterocycles. The van der Waals surface area contributed by atoms with Gasteiger partial charge in [0.25, 0.3) is 0 Å². The smallest absolute Gasteiger partial charge is 0.382 e. The standard InChI is InChI=1S/C12H13F3N2O/c1-8(18-2)7-17-10-3-4-11(12(13,14)15)9(5-10)6-16/h3-5,8,17H,7H2,1-2H3. The highest BCUT2D eigenvalue weighted by molar-refractivity contribution is 5.53. The quantitative estimate of drug-likeness (QED) is 0.902. The number of benzene rings is 1. The molecule has 0 aliphatic carbocycles. The number of ether oxygens (including phenoxy) is 1. The normalized spacial score (nSPS) is 12.9. The zero-order valence-corrected chi connectivity index (χ0v) is 10.0. The number of hydrogen-bond donors (Lipinski definition) is 1. The Morgan fingerprint density at radius 3 is 2.61 bits per heavy atom. The predicted octanol–water partition coefficient (Wildman–Crippen LogP) is 3.02. The van der Waals surface area contributed by atoms with E-state index in [1.807, 2.05) is 6.92 Å². The zero-order valence-electron chi connectivity index (χ0n) is 10.0. The molecule has 18 heavy (non-hydrogen) atoms. The summed E-state index contributed by atoms with van der Waals surface area (Å²) in [5.41, 5.74) is -0.851. The lowest BCUT2D eigenvalue weighted by Gasteiger charge is -2.14. The van der Waals surface area contributed by atoms with E-state index >= 15 is 0 Å². The Morgan fingerprint density at radius 2 is 2.11 bits per heavy atom. The van der Waals surface area contributed by atoms with E-state index in [9.17, 15) is 13.2 Å². The van der Waals surface area contributed by atoms with Crippen LogP contribution in [0.2, 0.25) is 0 Å². The van der Waals surface area contributed by atoms with Crippen LogP contribution in [0.5, 0.6) is 0 Å². The van der Waals surface area contributed by atoms with Crippen LogP contribution in [-0.2, 0) is 10.9 Å². The Bertz CT molecular complexity index is 452. The molecule has 0 aliphatic rings. The first-order chi connectivity index (χ1) is 8.38. The third kappa shape index (κ3) is 3.64. The van der Waals surface area contributed by atoms with Crippen molar-refractivity contribution in [2.75, 3.05) is 19.0 Å². The first-order valence-electron chi connectivity index (χ1n) is 5.26. The molecular weight excluding hydrogens is 245 g/mol. The van der Waals surface area contributed by atoms with E-state index in [0.29, 0.717) is 12.2 Å². The van der Waals surface area contributed by atoms with Crippen molar-refractivity contribution in [2.45, 2.75) is 19.2 Å². The van der Waals surface area contributed by atoms with Crippen molar-refractivity contribution in [1.29, 1.82) is 5.26 Å². The van der Waals surface area contributed by atoms with Gasteiger partial charge < -0.3 is 10.1 Å². The molecule has 98 valence electrons. The average molecular weight is 258 g/mol. The lowest BCUT2D eigenvalue weighted by Crippen LogP contribution is -2.18. The Kier molecular flexibility index (Phi) is 4.56. The Labute approximate surface area is 103 Å². The molecule has 0 fully saturated rings. The molecule has 0 aromatic heterocycles. The second kappa shape index (κ2) is 5.74. The molecule has 3 nitrogen and oxygen atoms in total. The number of hydrogen-bond acceptors (Lipinski definition) is 3. The van der Waals surface area contributed by atoms with Gasteiger partial charge in [0.1, 0.15) is 0 Å². The van der Waals surface area contributed by atoms with Gasteiger partial charge in [0.05, 0.1) is 23.3 Å². The predicted molar refractivity (Wildman–Crippen MR) is 61.1 cm³/mol. The minimum Gasteiger partial charge on any atom is -0.382 e. The summed E-state index contributed by atoms with van der Waals surface area (Å²) in [5, 5.41) is 11.6. The topological polar surface area (TPSA) is 45.0 Å². The highest BCUT2D eigenvalue weighted by atomic mass is 19.4. The van der Waals surface area contributed by atoms with Crippen LogP contribution in [0.1, 0.15) is 18.1 Å². The molecule has 1 atom stereocenters. The van der Waals surface area contributed by atoms with Crippen molar-refractivity contribution in [3.05, 3.63) is 29.3 Å². The second-order valence-corrected chi connectivity index (χ2v) is 3.80. The van der Waals surface area contributed by atoms with Gasteiger partial charge in [0.15, 0.2) is 0 Å². The number of alkyl halides is 3. The molecule has 1 rings (SSSR count). The van der Waals surface area contributed by atoms with Crippen molar-refractivity contribution in [2.24, 2.45) is 0 Å². The number of nitrogens with zero attached hydrogens (tertiary/aromatic N) is 1. The summed E-state index contributed by atoms with van der Waals surface area (Å²) in [7, 11) is 1.54. The van der Waals surface area contributed by atoms with Gasteiger partial charge in [-0.3, -0.25) is 0 Å². The van der Waals surface area contributed by atoms with Gasteiger partial charge in [-0.15, -0.1) is 0 Å². The number of halogens is 3. The molecule has 0 spiro atoms. The van der Waals surface area contributed by atoms with Crippen molar-refractivity contribution >= 4 is 5.69 Å². The summed E-state index contributed by atoms with van der Waals surface area (Å²) in [6, 6.07) is 4.94. The molecular formula is C12H13F3N2O. The molecule has 0 bridgehead atoms. The third-order valence-corrected chi connectivity index (χ3v) is 2.44. The van der Waals surface area contributed by atoms with E-state index in [1.54, 1.807) is 13.2 Å². The fourth-order valence-electron chi connectivity index (χ4n) is 1.34. The molecule has 0 amide bonds. The molecule has 1 aromatic rings. The maximum atomic E-state index is 12.5. The maximum absolute atomic E-state index is 12.5. The van der Waals surface area contributed by atoms with Gasteiger partial charge in [0, 0.05) is 19.3 Å².